The number of halogens is 3. The zero-order valence-corrected chi connectivity index (χ0v) is 8.79. The molecule has 2 aliphatic heterocycles. The van der Waals surface area contributed by atoms with Crippen LogP contribution in [-0.2, 0) is 14.3 Å². The zero-order chi connectivity index (χ0) is 12.4. The van der Waals surface area contributed by atoms with Gasteiger partial charge in [0.2, 0.25) is 5.91 Å². The summed E-state index contributed by atoms with van der Waals surface area (Å²) in [5, 5.41) is 0. The lowest BCUT2D eigenvalue weighted by molar-refractivity contribution is -0.201. The van der Waals surface area contributed by atoms with Gasteiger partial charge in [0.25, 0.3) is 0 Å². The molecule has 3 aliphatic rings. The number of carbonyl (C=O) groups is 2. The van der Waals surface area contributed by atoms with Gasteiger partial charge in [0, 0.05) is 6.42 Å². The van der Waals surface area contributed by atoms with Gasteiger partial charge < -0.3 is 9.64 Å². The van der Waals surface area contributed by atoms with Crippen molar-refractivity contribution in [1.29, 1.82) is 0 Å². The molecule has 1 saturated carbocycles. The van der Waals surface area contributed by atoms with Crippen LogP contribution in [0.3, 0.4) is 0 Å². The molecule has 94 valence electrons. The van der Waals surface area contributed by atoms with Crippen molar-refractivity contribution in [3.8, 4) is 0 Å². The highest BCUT2D eigenvalue weighted by molar-refractivity contribution is 5.92. The third kappa shape index (κ3) is 1.31. The molecule has 0 spiro atoms. The number of morpholine rings is 1. The topological polar surface area (TPSA) is 46.6 Å². The molecule has 0 aromatic rings. The minimum atomic E-state index is -4.52. The van der Waals surface area contributed by atoms with Crippen LogP contribution >= 0.6 is 0 Å². The molecule has 2 heterocycles. The van der Waals surface area contributed by atoms with Crippen molar-refractivity contribution in [3.63, 3.8) is 0 Å². The van der Waals surface area contributed by atoms with Gasteiger partial charge in [-0.25, -0.2) is 4.79 Å². The Morgan fingerprint density at radius 3 is 2.47 bits per heavy atom. The van der Waals surface area contributed by atoms with E-state index in [2.05, 4.69) is 0 Å². The van der Waals surface area contributed by atoms with Crippen LogP contribution in [0.2, 0.25) is 0 Å². The molecule has 1 amide bonds. The third-order valence-electron chi connectivity index (χ3n) is 3.78. The summed E-state index contributed by atoms with van der Waals surface area (Å²) in [4.78, 5) is 24.2. The van der Waals surface area contributed by atoms with Crippen molar-refractivity contribution < 1.29 is 27.5 Å². The van der Waals surface area contributed by atoms with Crippen LogP contribution in [0.15, 0.2) is 0 Å². The molecule has 1 unspecified atom stereocenters. The summed E-state index contributed by atoms with van der Waals surface area (Å²) in [6.07, 6.45) is -4.94. The highest BCUT2D eigenvalue weighted by Crippen LogP contribution is 2.59. The van der Waals surface area contributed by atoms with Crippen LogP contribution < -0.4 is 0 Å². The van der Waals surface area contributed by atoms with Gasteiger partial charge in [-0.2, -0.15) is 13.2 Å². The fraction of sp³-hybridized carbons (Fsp3) is 0.800. The standard InChI is InChI=1S/C10H10F3NO3/c11-10(12,13)9(1-2-9)8(16)14-4-5-3-6(14)7(15)17-5/h5-6H,1-4H2/t5?,6-/m0/s1. The first-order chi connectivity index (χ1) is 7.85. The molecule has 2 atom stereocenters. The molecule has 0 N–H and O–H groups in total. The van der Waals surface area contributed by atoms with E-state index in [1.165, 1.54) is 0 Å². The molecule has 2 bridgehead atoms. The van der Waals surface area contributed by atoms with E-state index in [4.69, 9.17) is 4.74 Å². The Morgan fingerprint density at radius 2 is 2.06 bits per heavy atom. The Bertz CT molecular complexity index is 402. The number of rotatable bonds is 1. The van der Waals surface area contributed by atoms with Crippen molar-refractivity contribution in [2.75, 3.05) is 6.54 Å². The van der Waals surface area contributed by atoms with Gasteiger partial charge in [-0.15, -0.1) is 0 Å². The third-order valence-corrected chi connectivity index (χ3v) is 3.78. The van der Waals surface area contributed by atoms with E-state index in [0.717, 1.165) is 4.90 Å². The normalized spacial score (nSPS) is 33.8. The summed E-state index contributed by atoms with van der Waals surface area (Å²) in [6.45, 7) is 0.104. The average Bonchev–Trinajstić information content (AvgIpc) is 2.85. The SMILES string of the molecule is O=C1OC2C[C@@H]1N(C(=O)C1(C(F)(F)F)CC1)C2. The number of ether oxygens (including phenoxy) is 1. The van der Waals surface area contributed by atoms with Gasteiger partial charge in [0.05, 0.1) is 6.54 Å². The maximum absolute atomic E-state index is 12.8. The summed E-state index contributed by atoms with van der Waals surface area (Å²) >= 11 is 0. The molecule has 3 rings (SSSR count). The van der Waals surface area contributed by atoms with Crippen LogP contribution in [0.1, 0.15) is 19.3 Å². The maximum atomic E-state index is 12.8. The number of nitrogens with zero attached hydrogens (tertiary/aromatic N) is 1. The number of likely N-dealkylation sites (tertiary alicyclic amines) is 1. The number of fused-ring (bicyclic) bond motifs is 2. The molecule has 17 heavy (non-hydrogen) atoms. The number of carbonyl (C=O) groups excluding carboxylic acids is 2. The second-order valence-corrected chi connectivity index (χ2v) is 4.85. The van der Waals surface area contributed by atoms with Gasteiger partial charge in [0.1, 0.15) is 17.6 Å². The van der Waals surface area contributed by atoms with Crippen molar-refractivity contribution in [1.82, 2.24) is 4.90 Å². The van der Waals surface area contributed by atoms with Crippen LogP contribution in [0.5, 0.6) is 0 Å². The molecule has 3 fully saturated rings. The van der Waals surface area contributed by atoms with E-state index in [9.17, 15) is 22.8 Å². The first-order valence-corrected chi connectivity index (χ1v) is 5.43. The Hall–Kier alpha value is -1.27. The number of hydrogen-bond acceptors (Lipinski definition) is 3. The second kappa shape index (κ2) is 2.94. The highest BCUT2D eigenvalue weighted by Gasteiger charge is 2.71. The van der Waals surface area contributed by atoms with Crippen molar-refractivity contribution >= 4 is 11.9 Å². The number of alkyl halides is 3. The summed E-state index contributed by atoms with van der Waals surface area (Å²) in [7, 11) is 0. The summed E-state index contributed by atoms with van der Waals surface area (Å²) in [6, 6.07) is -0.799. The first kappa shape index (κ1) is 10.9. The number of esters is 1. The van der Waals surface area contributed by atoms with Crippen molar-refractivity contribution in [3.05, 3.63) is 0 Å². The van der Waals surface area contributed by atoms with Crippen LogP contribution in [0.4, 0.5) is 13.2 Å². The van der Waals surface area contributed by atoms with E-state index in [1.807, 2.05) is 0 Å². The smallest absolute Gasteiger partial charge is 0.403 e. The zero-order valence-electron chi connectivity index (χ0n) is 8.79. The minimum Gasteiger partial charge on any atom is -0.459 e. The van der Waals surface area contributed by atoms with Crippen molar-refractivity contribution in [2.45, 2.75) is 37.6 Å². The van der Waals surface area contributed by atoms with Gasteiger partial charge in [-0.05, 0) is 12.8 Å². The van der Waals surface area contributed by atoms with Crippen LogP contribution in [0, 0.1) is 5.41 Å². The largest absolute Gasteiger partial charge is 0.459 e. The van der Waals surface area contributed by atoms with E-state index in [1.54, 1.807) is 0 Å². The lowest BCUT2D eigenvalue weighted by Gasteiger charge is -2.30. The monoisotopic (exact) mass is 249 g/mol. The summed E-state index contributed by atoms with van der Waals surface area (Å²) in [5.74, 6) is -1.53. The minimum absolute atomic E-state index is 0.104. The number of hydrogen-bond donors (Lipinski definition) is 0. The predicted octanol–water partition coefficient (Wildman–Crippen LogP) is 0.855. The fourth-order valence-electron chi connectivity index (χ4n) is 2.59. The van der Waals surface area contributed by atoms with Crippen LogP contribution in [-0.4, -0.2) is 41.6 Å². The quantitative estimate of drug-likeness (QED) is 0.647. The van der Waals surface area contributed by atoms with Gasteiger partial charge >= 0.3 is 12.1 Å². The molecule has 1 aliphatic carbocycles. The molecule has 0 aromatic heterocycles. The Balaban J connectivity index is 1.83. The maximum Gasteiger partial charge on any atom is 0.403 e. The van der Waals surface area contributed by atoms with Gasteiger partial charge in [-0.1, -0.05) is 0 Å². The van der Waals surface area contributed by atoms with E-state index >= 15 is 0 Å². The van der Waals surface area contributed by atoms with Gasteiger partial charge in [0.15, 0.2) is 0 Å². The predicted molar refractivity (Wildman–Crippen MR) is 47.7 cm³/mol. The molecule has 2 saturated heterocycles. The Labute approximate surface area is 94.7 Å². The molecule has 0 radical (unpaired) electrons. The van der Waals surface area contributed by atoms with E-state index < -0.39 is 35.6 Å². The molecule has 7 heteroatoms. The first-order valence-electron chi connectivity index (χ1n) is 5.43. The average molecular weight is 249 g/mol. The molecular weight excluding hydrogens is 239 g/mol. The van der Waals surface area contributed by atoms with E-state index in [-0.39, 0.29) is 19.4 Å². The highest BCUT2D eigenvalue weighted by atomic mass is 19.4. The van der Waals surface area contributed by atoms with Crippen LogP contribution in [0.25, 0.3) is 0 Å². The van der Waals surface area contributed by atoms with E-state index in [0.29, 0.717) is 6.42 Å². The lowest BCUT2D eigenvalue weighted by Crippen LogP contribution is -2.50. The summed E-state index contributed by atoms with van der Waals surface area (Å²) in [5.41, 5.74) is -2.22. The van der Waals surface area contributed by atoms with Gasteiger partial charge in [-0.3, -0.25) is 4.79 Å². The molecular formula is C10H10F3NO3. The molecule has 4 nitrogen and oxygen atoms in total. The van der Waals surface area contributed by atoms with Crippen molar-refractivity contribution in [2.24, 2.45) is 5.41 Å². The fourth-order valence-corrected chi connectivity index (χ4v) is 2.59. The lowest BCUT2D eigenvalue weighted by atomic mass is 10.0. The molecule has 0 aromatic carbocycles. The second-order valence-electron chi connectivity index (χ2n) is 4.85. The summed E-state index contributed by atoms with van der Waals surface area (Å²) < 4.78 is 43.2. The Kier molecular flexibility index (Phi) is 1.88. The number of amides is 1. The Morgan fingerprint density at radius 1 is 1.41 bits per heavy atom.